The standard InChI is InChI=1S/C13H14F2O3/c1-2-10(16)7-9(13(17)18)5-8-3-4-11(14)12(15)6-8/h3-4,6,9H,2,5,7H2,1H3,(H,17,18). The fourth-order valence-electron chi connectivity index (χ4n) is 1.62. The minimum atomic E-state index is -1.11. The van der Waals surface area contributed by atoms with Crippen LogP contribution in [0.4, 0.5) is 8.78 Å². The Hall–Kier alpha value is -1.78. The summed E-state index contributed by atoms with van der Waals surface area (Å²) in [5.41, 5.74) is 0.366. The largest absolute Gasteiger partial charge is 0.481 e. The molecule has 1 rings (SSSR count). The molecule has 1 atom stereocenters. The molecule has 0 aromatic heterocycles. The van der Waals surface area contributed by atoms with Gasteiger partial charge in [-0.2, -0.15) is 0 Å². The topological polar surface area (TPSA) is 54.4 Å². The lowest BCUT2D eigenvalue weighted by molar-refractivity contribution is -0.143. The van der Waals surface area contributed by atoms with Crippen molar-refractivity contribution in [1.82, 2.24) is 0 Å². The lowest BCUT2D eigenvalue weighted by atomic mass is 9.93. The van der Waals surface area contributed by atoms with Gasteiger partial charge in [0.2, 0.25) is 0 Å². The van der Waals surface area contributed by atoms with Crippen LogP contribution in [0.25, 0.3) is 0 Å². The van der Waals surface area contributed by atoms with Crippen molar-refractivity contribution in [3.63, 3.8) is 0 Å². The zero-order valence-corrected chi connectivity index (χ0v) is 9.95. The molecule has 3 nitrogen and oxygen atoms in total. The quantitative estimate of drug-likeness (QED) is 0.851. The Balaban J connectivity index is 2.80. The number of carbonyl (C=O) groups is 2. The van der Waals surface area contributed by atoms with E-state index in [9.17, 15) is 18.4 Å². The number of hydrogen-bond acceptors (Lipinski definition) is 2. The number of carboxylic acids is 1. The number of carboxylic acid groups (broad SMARTS) is 1. The molecule has 0 fully saturated rings. The molecule has 98 valence electrons. The molecule has 5 heteroatoms. The van der Waals surface area contributed by atoms with Gasteiger partial charge in [-0.05, 0) is 24.1 Å². The van der Waals surface area contributed by atoms with Gasteiger partial charge >= 0.3 is 5.97 Å². The second-order valence-electron chi connectivity index (χ2n) is 4.08. The van der Waals surface area contributed by atoms with Crippen molar-refractivity contribution in [2.24, 2.45) is 5.92 Å². The van der Waals surface area contributed by atoms with Crippen LogP contribution in [0.3, 0.4) is 0 Å². The Labute approximate surface area is 103 Å². The van der Waals surface area contributed by atoms with E-state index in [4.69, 9.17) is 5.11 Å². The zero-order valence-electron chi connectivity index (χ0n) is 9.95. The number of Topliss-reactive ketones (excluding diaryl/α,β-unsaturated/α-hetero) is 1. The smallest absolute Gasteiger partial charge is 0.307 e. The minimum absolute atomic E-state index is 0.0122. The number of hydrogen-bond donors (Lipinski definition) is 1. The van der Waals surface area contributed by atoms with E-state index in [1.165, 1.54) is 6.07 Å². The first-order valence-corrected chi connectivity index (χ1v) is 5.62. The van der Waals surface area contributed by atoms with Crippen LogP contribution in [0, 0.1) is 17.6 Å². The number of rotatable bonds is 6. The second-order valence-corrected chi connectivity index (χ2v) is 4.08. The molecule has 0 saturated heterocycles. The Morgan fingerprint density at radius 3 is 2.44 bits per heavy atom. The fourth-order valence-corrected chi connectivity index (χ4v) is 1.62. The molecule has 0 aliphatic carbocycles. The van der Waals surface area contributed by atoms with E-state index in [0.717, 1.165) is 12.1 Å². The van der Waals surface area contributed by atoms with E-state index < -0.39 is 23.5 Å². The van der Waals surface area contributed by atoms with Gasteiger partial charge in [-0.3, -0.25) is 9.59 Å². The Morgan fingerprint density at radius 1 is 1.28 bits per heavy atom. The molecule has 1 aromatic carbocycles. The zero-order chi connectivity index (χ0) is 13.7. The van der Waals surface area contributed by atoms with Crippen LogP contribution in [0.5, 0.6) is 0 Å². The maximum Gasteiger partial charge on any atom is 0.307 e. The Morgan fingerprint density at radius 2 is 1.94 bits per heavy atom. The Kier molecular flexibility index (Phi) is 4.95. The summed E-state index contributed by atoms with van der Waals surface area (Å²) >= 11 is 0. The van der Waals surface area contributed by atoms with Gasteiger partial charge in [-0.1, -0.05) is 13.0 Å². The molecular formula is C13H14F2O3. The van der Waals surface area contributed by atoms with Crippen molar-refractivity contribution < 1.29 is 23.5 Å². The molecule has 0 aliphatic rings. The molecule has 1 N–H and O–H groups in total. The Bertz CT molecular complexity index is 458. The van der Waals surface area contributed by atoms with Gasteiger partial charge in [0.25, 0.3) is 0 Å². The third-order valence-electron chi connectivity index (χ3n) is 2.68. The highest BCUT2D eigenvalue weighted by atomic mass is 19.2. The van der Waals surface area contributed by atoms with E-state index >= 15 is 0 Å². The maximum atomic E-state index is 13.0. The van der Waals surface area contributed by atoms with Crippen LogP contribution in [-0.2, 0) is 16.0 Å². The van der Waals surface area contributed by atoms with Crippen LogP contribution in [0.15, 0.2) is 18.2 Å². The normalized spacial score (nSPS) is 12.2. The van der Waals surface area contributed by atoms with E-state index in [1.807, 2.05) is 0 Å². The van der Waals surface area contributed by atoms with Gasteiger partial charge in [0.05, 0.1) is 5.92 Å². The summed E-state index contributed by atoms with van der Waals surface area (Å²) in [6, 6.07) is 3.23. The molecule has 0 radical (unpaired) electrons. The first-order valence-electron chi connectivity index (χ1n) is 5.62. The number of aliphatic carboxylic acids is 1. The van der Waals surface area contributed by atoms with Crippen molar-refractivity contribution in [2.75, 3.05) is 0 Å². The third-order valence-corrected chi connectivity index (χ3v) is 2.68. The van der Waals surface area contributed by atoms with Crippen molar-refractivity contribution in [1.29, 1.82) is 0 Å². The molecule has 0 heterocycles. The van der Waals surface area contributed by atoms with Crippen LogP contribution in [-0.4, -0.2) is 16.9 Å². The number of ketones is 1. The van der Waals surface area contributed by atoms with Gasteiger partial charge in [-0.15, -0.1) is 0 Å². The lowest BCUT2D eigenvalue weighted by Gasteiger charge is -2.11. The molecule has 1 unspecified atom stereocenters. The summed E-state index contributed by atoms with van der Waals surface area (Å²) in [6.45, 7) is 1.65. The summed E-state index contributed by atoms with van der Waals surface area (Å²) in [7, 11) is 0. The molecule has 1 aromatic rings. The molecule has 0 saturated carbocycles. The highest BCUT2D eigenvalue weighted by Gasteiger charge is 2.21. The van der Waals surface area contributed by atoms with E-state index in [2.05, 4.69) is 0 Å². The van der Waals surface area contributed by atoms with E-state index in [1.54, 1.807) is 6.92 Å². The fraction of sp³-hybridized carbons (Fsp3) is 0.385. The van der Waals surface area contributed by atoms with Crippen LogP contribution in [0.2, 0.25) is 0 Å². The van der Waals surface area contributed by atoms with Crippen molar-refractivity contribution >= 4 is 11.8 Å². The van der Waals surface area contributed by atoms with Gasteiger partial charge in [-0.25, -0.2) is 8.78 Å². The second kappa shape index (κ2) is 6.23. The first-order chi connectivity index (χ1) is 8.43. The molecule has 18 heavy (non-hydrogen) atoms. The molecule has 0 amide bonds. The maximum absolute atomic E-state index is 13.0. The summed E-state index contributed by atoms with van der Waals surface area (Å²) in [5, 5.41) is 8.98. The van der Waals surface area contributed by atoms with Crippen LogP contribution >= 0.6 is 0 Å². The molecule has 0 aliphatic heterocycles. The first kappa shape index (κ1) is 14.3. The highest BCUT2D eigenvalue weighted by Crippen LogP contribution is 2.16. The predicted molar refractivity (Wildman–Crippen MR) is 61.1 cm³/mol. The van der Waals surface area contributed by atoms with Crippen molar-refractivity contribution in [3.8, 4) is 0 Å². The number of carbonyl (C=O) groups excluding carboxylic acids is 1. The van der Waals surface area contributed by atoms with Gasteiger partial charge in [0, 0.05) is 12.8 Å². The predicted octanol–water partition coefficient (Wildman–Crippen LogP) is 2.58. The van der Waals surface area contributed by atoms with E-state index in [-0.39, 0.29) is 25.0 Å². The van der Waals surface area contributed by atoms with Crippen molar-refractivity contribution in [2.45, 2.75) is 26.2 Å². The monoisotopic (exact) mass is 256 g/mol. The molecular weight excluding hydrogens is 242 g/mol. The lowest BCUT2D eigenvalue weighted by Crippen LogP contribution is -2.20. The molecule has 0 spiro atoms. The summed E-state index contributed by atoms with van der Waals surface area (Å²) in [6.07, 6.45) is 0.185. The average molecular weight is 256 g/mol. The highest BCUT2D eigenvalue weighted by molar-refractivity contribution is 5.83. The van der Waals surface area contributed by atoms with Gasteiger partial charge in [0.1, 0.15) is 5.78 Å². The minimum Gasteiger partial charge on any atom is -0.481 e. The van der Waals surface area contributed by atoms with Gasteiger partial charge in [0.15, 0.2) is 11.6 Å². The average Bonchev–Trinajstić information content (AvgIpc) is 2.32. The van der Waals surface area contributed by atoms with Crippen LogP contribution in [0.1, 0.15) is 25.3 Å². The summed E-state index contributed by atoms with van der Waals surface area (Å²) in [4.78, 5) is 22.2. The van der Waals surface area contributed by atoms with E-state index in [0.29, 0.717) is 5.56 Å². The molecule has 0 bridgehead atoms. The number of halogens is 2. The van der Waals surface area contributed by atoms with Crippen molar-refractivity contribution in [3.05, 3.63) is 35.4 Å². The SMILES string of the molecule is CCC(=O)CC(Cc1ccc(F)c(F)c1)C(=O)O. The summed E-state index contributed by atoms with van der Waals surface area (Å²) in [5.74, 6) is -4.16. The summed E-state index contributed by atoms with van der Waals surface area (Å²) < 4.78 is 25.7. The van der Waals surface area contributed by atoms with Gasteiger partial charge < -0.3 is 5.11 Å². The number of benzene rings is 1. The van der Waals surface area contributed by atoms with Crippen LogP contribution < -0.4 is 0 Å². The third kappa shape index (κ3) is 3.91.